The minimum absolute atomic E-state index is 0.645. The Morgan fingerprint density at radius 2 is 1.78 bits per heavy atom. The number of hydrogen-bond acceptors (Lipinski definition) is 3. The smallest absolute Gasteiger partial charge is 0.0246 e. The molecule has 0 spiro atoms. The van der Waals surface area contributed by atoms with Crippen LogP contribution >= 0.6 is 0 Å². The van der Waals surface area contributed by atoms with Crippen molar-refractivity contribution in [2.45, 2.75) is 51.6 Å². The maximum absolute atomic E-state index is 5.96. The molecule has 18 heavy (non-hydrogen) atoms. The molecule has 3 nitrogen and oxygen atoms in total. The highest BCUT2D eigenvalue weighted by Crippen LogP contribution is 2.36. The lowest BCUT2D eigenvalue weighted by molar-refractivity contribution is 0.0854. The molecule has 0 amide bonds. The summed E-state index contributed by atoms with van der Waals surface area (Å²) in [7, 11) is 2.30. The lowest BCUT2D eigenvalue weighted by Gasteiger charge is -2.40. The van der Waals surface area contributed by atoms with E-state index < -0.39 is 0 Å². The summed E-state index contributed by atoms with van der Waals surface area (Å²) in [6.07, 6.45) is 5.45. The number of piperidine rings is 1. The van der Waals surface area contributed by atoms with Crippen LogP contribution in [0.1, 0.15) is 39.5 Å². The van der Waals surface area contributed by atoms with Gasteiger partial charge >= 0.3 is 0 Å². The van der Waals surface area contributed by atoms with E-state index in [4.69, 9.17) is 5.73 Å². The van der Waals surface area contributed by atoms with Gasteiger partial charge in [-0.1, -0.05) is 13.8 Å². The van der Waals surface area contributed by atoms with Crippen LogP contribution in [0.5, 0.6) is 0 Å². The molecule has 0 aromatic heterocycles. The van der Waals surface area contributed by atoms with E-state index in [2.05, 4.69) is 30.7 Å². The van der Waals surface area contributed by atoms with Crippen LogP contribution in [-0.4, -0.2) is 55.1 Å². The summed E-state index contributed by atoms with van der Waals surface area (Å²) in [5, 5.41) is 0. The zero-order valence-corrected chi connectivity index (χ0v) is 12.4. The van der Waals surface area contributed by atoms with E-state index in [1.54, 1.807) is 0 Å². The molecule has 0 aromatic rings. The summed E-state index contributed by atoms with van der Waals surface area (Å²) in [6.45, 7) is 9.28. The van der Waals surface area contributed by atoms with Gasteiger partial charge in [0.1, 0.15) is 0 Å². The van der Waals surface area contributed by atoms with Gasteiger partial charge in [0, 0.05) is 25.2 Å². The fourth-order valence-electron chi connectivity index (χ4n) is 3.47. The van der Waals surface area contributed by atoms with Crippen molar-refractivity contribution < 1.29 is 0 Å². The van der Waals surface area contributed by atoms with Crippen molar-refractivity contribution >= 4 is 0 Å². The van der Waals surface area contributed by atoms with Gasteiger partial charge in [-0.2, -0.15) is 0 Å². The quantitative estimate of drug-likeness (QED) is 0.783. The van der Waals surface area contributed by atoms with E-state index in [0.29, 0.717) is 6.04 Å². The molecular weight excluding hydrogens is 222 g/mol. The van der Waals surface area contributed by atoms with Crippen molar-refractivity contribution in [1.29, 1.82) is 0 Å². The Labute approximate surface area is 113 Å². The minimum Gasteiger partial charge on any atom is -0.329 e. The maximum atomic E-state index is 5.96. The van der Waals surface area contributed by atoms with Gasteiger partial charge in [0.15, 0.2) is 0 Å². The van der Waals surface area contributed by atoms with Crippen molar-refractivity contribution in [3.63, 3.8) is 0 Å². The molecule has 0 radical (unpaired) electrons. The summed E-state index contributed by atoms with van der Waals surface area (Å²) in [4.78, 5) is 5.23. The Hall–Kier alpha value is -0.120. The topological polar surface area (TPSA) is 32.5 Å². The highest BCUT2D eigenvalue weighted by molar-refractivity contribution is 4.91. The van der Waals surface area contributed by atoms with E-state index in [9.17, 15) is 0 Å². The average molecular weight is 253 g/mol. The molecular formula is C15H31N3. The molecule has 1 unspecified atom stereocenters. The maximum Gasteiger partial charge on any atom is 0.0246 e. The van der Waals surface area contributed by atoms with Crippen LogP contribution in [0.3, 0.4) is 0 Å². The number of rotatable bonds is 6. The van der Waals surface area contributed by atoms with Crippen molar-refractivity contribution in [3.05, 3.63) is 0 Å². The van der Waals surface area contributed by atoms with Gasteiger partial charge in [0.2, 0.25) is 0 Å². The Morgan fingerprint density at radius 1 is 1.17 bits per heavy atom. The molecule has 1 saturated heterocycles. The van der Waals surface area contributed by atoms with E-state index >= 15 is 0 Å². The van der Waals surface area contributed by atoms with Crippen LogP contribution in [0, 0.1) is 11.8 Å². The molecule has 3 heteroatoms. The summed E-state index contributed by atoms with van der Waals surface area (Å²) in [5.41, 5.74) is 5.96. The molecule has 2 rings (SSSR count). The van der Waals surface area contributed by atoms with Gasteiger partial charge in [0.05, 0.1) is 0 Å². The molecule has 0 aromatic carbocycles. The standard InChI is InChI=1S/C15H31N3/c1-12(2)11-18-8-6-14(7-9-18)17(3)15(10-16)13-4-5-13/h12-15H,4-11,16H2,1-3H3. The first-order valence-electron chi connectivity index (χ1n) is 7.76. The second-order valence-corrected chi connectivity index (χ2v) is 6.73. The van der Waals surface area contributed by atoms with Crippen LogP contribution < -0.4 is 5.73 Å². The predicted octanol–water partition coefficient (Wildman–Crippen LogP) is 1.78. The van der Waals surface area contributed by atoms with E-state index in [1.807, 2.05) is 0 Å². The van der Waals surface area contributed by atoms with E-state index in [-0.39, 0.29) is 0 Å². The fourth-order valence-corrected chi connectivity index (χ4v) is 3.47. The molecule has 1 saturated carbocycles. The third-order valence-corrected chi connectivity index (χ3v) is 4.69. The molecule has 1 aliphatic heterocycles. The highest BCUT2D eigenvalue weighted by Gasteiger charge is 2.36. The zero-order valence-electron chi connectivity index (χ0n) is 12.4. The van der Waals surface area contributed by atoms with Gasteiger partial charge in [-0.25, -0.2) is 0 Å². The molecule has 2 aliphatic rings. The third-order valence-electron chi connectivity index (χ3n) is 4.69. The van der Waals surface area contributed by atoms with E-state index in [1.165, 1.54) is 45.3 Å². The van der Waals surface area contributed by atoms with Crippen LogP contribution in [0.4, 0.5) is 0 Å². The summed E-state index contributed by atoms with van der Waals surface area (Å²) >= 11 is 0. The molecule has 1 atom stereocenters. The molecule has 2 N–H and O–H groups in total. The number of hydrogen-bond donors (Lipinski definition) is 1. The molecule has 1 heterocycles. The largest absolute Gasteiger partial charge is 0.329 e. The van der Waals surface area contributed by atoms with Crippen molar-refractivity contribution in [2.24, 2.45) is 17.6 Å². The van der Waals surface area contributed by atoms with Crippen LogP contribution in [-0.2, 0) is 0 Å². The second kappa shape index (κ2) is 6.36. The average Bonchev–Trinajstić information content (AvgIpc) is 3.14. The normalized spacial score (nSPS) is 25.0. The van der Waals surface area contributed by atoms with Crippen LogP contribution in [0.2, 0.25) is 0 Å². The van der Waals surface area contributed by atoms with Crippen molar-refractivity contribution in [3.8, 4) is 0 Å². The number of likely N-dealkylation sites (tertiary alicyclic amines) is 1. The van der Waals surface area contributed by atoms with Crippen molar-refractivity contribution in [1.82, 2.24) is 9.80 Å². The summed E-state index contributed by atoms with van der Waals surface area (Å²) in [5.74, 6) is 1.69. The monoisotopic (exact) mass is 253 g/mol. The first-order valence-corrected chi connectivity index (χ1v) is 7.76. The van der Waals surface area contributed by atoms with Crippen LogP contribution in [0.25, 0.3) is 0 Å². The molecule has 1 aliphatic carbocycles. The van der Waals surface area contributed by atoms with Gasteiger partial charge in [0.25, 0.3) is 0 Å². The Balaban J connectivity index is 1.77. The number of likely N-dealkylation sites (N-methyl/N-ethyl adjacent to an activating group) is 1. The first kappa shape index (κ1) is 14.3. The molecule has 0 bridgehead atoms. The number of nitrogens with zero attached hydrogens (tertiary/aromatic N) is 2. The number of nitrogens with two attached hydrogens (primary N) is 1. The van der Waals surface area contributed by atoms with Crippen molar-refractivity contribution in [2.75, 3.05) is 33.2 Å². The second-order valence-electron chi connectivity index (χ2n) is 6.73. The Morgan fingerprint density at radius 3 is 2.22 bits per heavy atom. The fraction of sp³-hybridized carbons (Fsp3) is 1.00. The highest BCUT2D eigenvalue weighted by atomic mass is 15.2. The Kier molecular flexibility index (Phi) is 5.05. The van der Waals surface area contributed by atoms with Gasteiger partial charge < -0.3 is 10.6 Å². The summed E-state index contributed by atoms with van der Waals surface area (Å²) in [6, 6.07) is 1.41. The minimum atomic E-state index is 0.645. The van der Waals surface area contributed by atoms with Crippen LogP contribution in [0.15, 0.2) is 0 Å². The zero-order chi connectivity index (χ0) is 13.1. The van der Waals surface area contributed by atoms with Gasteiger partial charge in [-0.15, -0.1) is 0 Å². The molecule has 2 fully saturated rings. The third kappa shape index (κ3) is 3.69. The first-order chi connectivity index (χ1) is 8.61. The Bertz CT molecular complexity index is 242. The van der Waals surface area contributed by atoms with E-state index in [0.717, 1.165) is 24.4 Å². The summed E-state index contributed by atoms with van der Waals surface area (Å²) < 4.78 is 0. The van der Waals surface area contributed by atoms with Gasteiger partial charge in [-0.3, -0.25) is 4.90 Å². The molecule has 106 valence electrons. The predicted molar refractivity (Wildman–Crippen MR) is 77.6 cm³/mol. The van der Waals surface area contributed by atoms with Gasteiger partial charge in [-0.05, 0) is 57.7 Å². The lowest BCUT2D eigenvalue weighted by Crippen LogP contribution is -2.50. The lowest BCUT2D eigenvalue weighted by atomic mass is 9.99. The SMILES string of the molecule is CC(C)CN1CCC(N(C)C(CN)C2CC2)CC1.